The number of hydrazone groups is 1. The molecule has 28 heavy (non-hydrogen) atoms. The fourth-order valence-electron chi connectivity index (χ4n) is 4.97. The van der Waals surface area contributed by atoms with Crippen LogP contribution in [0.1, 0.15) is 11.1 Å². The van der Waals surface area contributed by atoms with Gasteiger partial charge in [0.2, 0.25) is 5.91 Å². The molecule has 0 saturated carbocycles. The zero-order valence-electron chi connectivity index (χ0n) is 15.9. The van der Waals surface area contributed by atoms with Crippen molar-refractivity contribution in [2.45, 2.75) is 6.42 Å². The van der Waals surface area contributed by atoms with Crippen LogP contribution in [0, 0.1) is 5.41 Å². The van der Waals surface area contributed by atoms with E-state index >= 15 is 0 Å². The molecule has 1 amide bonds. The summed E-state index contributed by atoms with van der Waals surface area (Å²) in [5, 5.41) is 4.72. The molecule has 4 saturated heterocycles. The van der Waals surface area contributed by atoms with E-state index in [9.17, 15) is 4.79 Å². The highest BCUT2D eigenvalue weighted by atomic mass is 16.2. The Labute approximate surface area is 165 Å². The number of carbonyl (C=O) groups excluding carboxylic acids is 1. The Morgan fingerprint density at radius 1 is 0.857 bits per heavy atom. The lowest BCUT2D eigenvalue weighted by atomic mass is 9.74. The molecule has 0 atom stereocenters. The average Bonchev–Trinajstić information content (AvgIpc) is 2.68. The largest absolute Gasteiger partial charge is 0.276 e. The van der Waals surface area contributed by atoms with Crippen molar-refractivity contribution in [1.82, 2.24) is 20.1 Å². The first-order chi connectivity index (χ1) is 13.7. The number of benzene rings is 2. The third-order valence-corrected chi connectivity index (χ3v) is 5.83. The topological polar surface area (TPSA) is 51.2 Å². The molecule has 6 nitrogen and oxygen atoms in total. The molecule has 144 valence electrons. The van der Waals surface area contributed by atoms with Crippen LogP contribution in [0.2, 0.25) is 0 Å². The Balaban J connectivity index is 1.43. The summed E-state index contributed by atoms with van der Waals surface area (Å²) in [5.41, 5.74) is 5.85. The number of hydrogen-bond acceptors (Lipinski definition) is 5. The van der Waals surface area contributed by atoms with Crippen LogP contribution in [0.5, 0.6) is 0 Å². The van der Waals surface area contributed by atoms with Crippen LogP contribution in [-0.4, -0.2) is 66.0 Å². The Kier molecular flexibility index (Phi) is 4.47. The number of rotatable bonds is 5. The molecule has 0 aliphatic carbocycles. The van der Waals surface area contributed by atoms with E-state index in [1.54, 1.807) is 0 Å². The first-order valence-electron chi connectivity index (χ1n) is 9.84. The molecule has 4 heterocycles. The second-order valence-corrected chi connectivity index (χ2v) is 8.22. The van der Waals surface area contributed by atoms with Gasteiger partial charge in [-0.1, -0.05) is 60.7 Å². The predicted octanol–water partition coefficient (Wildman–Crippen LogP) is 1.56. The number of carbonyl (C=O) groups is 1. The van der Waals surface area contributed by atoms with Gasteiger partial charge in [0.25, 0.3) is 0 Å². The van der Waals surface area contributed by atoms with Crippen LogP contribution in [0.15, 0.2) is 65.8 Å². The van der Waals surface area contributed by atoms with Gasteiger partial charge in [0, 0.05) is 19.6 Å². The van der Waals surface area contributed by atoms with Crippen LogP contribution in [0.4, 0.5) is 0 Å². The number of nitrogens with zero attached hydrogens (tertiary/aromatic N) is 4. The molecule has 4 aliphatic heterocycles. The molecule has 0 radical (unpaired) electrons. The number of nitrogens with one attached hydrogen (secondary N) is 1. The van der Waals surface area contributed by atoms with Crippen LogP contribution in [-0.2, 0) is 11.2 Å². The molecule has 1 N–H and O–H groups in total. The van der Waals surface area contributed by atoms with Gasteiger partial charge in [0.15, 0.2) is 0 Å². The minimum atomic E-state index is -0.0784. The maximum Gasteiger partial charge on any atom is 0.244 e. The molecule has 2 aromatic rings. The summed E-state index contributed by atoms with van der Waals surface area (Å²) >= 11 is 0. The predicted molar refractivity (Wildman–Crippen MR) is 108 cm³/mol. The van der Waals surface area contributed by atoms with Gasteiger partial charge in [-0.3, -0.25) is 19.5 Å². The highest BCUT2D eigenvalue weighted by Crippen LogP contribution is 2.38. The summed E-state index contributed by atoms with van der Waals surface area (Å²) in [4.78, 5) is 19.9. The third-order valence-electron chi connectivity index (χ3n) is 5.83. The molecular weight excluding hydrogens is 350 g/mol. The van der Waals surface area contributed by atoms with Gasteiger partial charge in [-0.05, 0) is 11.1 Å². The van der Waals surface area contributed by atoms with E-state index in [2.05, 4.69) is 32.3 Å². The molecule has 2 aromatic carbocycles. The Morgan fingerprint density at radius 2 is 1.39 bits per heavy atom. The SMILES string of the molecule is O=C(Cc1ccccc1)N/N=C(/c1ccccc1)C12CN3CN(CN(C3)C1)C2. The van der Waals surface area contributed by atoms with Crippen molar-refractivity contribution in [3.05, 3.63) is 71.8 Å². The van der Waals surface area contributed by atoms with E-state index in [4.69, 9.17) is 5.10 Å². The highest BCUT2D eigenvalue weighted by molar-refractivity contribution is 6.06. The summed E-state index contributed by atoms with van der Waals surface area (Å²) < 4.78 is 0. The summed E-state index contributed by atoms with van der Waals surface area (Å²) in [6.45, 7) is 6.05. The van der Waals surface area contributed by atoms with Crippen LogP contribution >= 0.6 is 0 Å². The van der Waals surface area contributed by atoms with Gasteiger partial charge in [0.1, 0.15) is 0 Å². The van der Waals surface area contributed by atoms with Crippen molar-refractivity contribution in [2.75, 3.05) is 39.6 Å². The molecule has 4 bridgehead atoms. The Hall–Kier alpha value is -2.54. The maximum atomic E-state index is 12.5. The first-order valence-corrected chi connectivity index (χ1v) is 9.84. The second kappa shape index (κ2) is 7.13. The number of hydrogen-bond donors (Lipinski definition) is 1. The van der Waals surface area contributed by atoms with Crippen LogP contribution in [0.25, 0.3) is 0 Å². The second-order valence-electron chi connectivity index (χ2n) is 8.22. The van der Waals surface area contributed by atoms with Crippen LogP contribution in [0.3, 0.4) is 0 Å². The van der Waals surface area contributed by atoms with Crippen molar-refractivity contribution in [3.63, 3.8) is 0 Å². The van der Waals surface area contributed by atoms with Gasteiger partial charge in [-0.2, -0.15) is 5.10 Å². The normalized spacial score (nSPS) is 31.0. The molecule has 0 unspecified atom stereocenters. The number of amides is 1. The molecule has 0 aromatic heterocycles. The van der Waals surface area contributed by atoms with Crippen molar-refractivity contribution in [3.8, 4) is 0 Å². The van der Waals surface area contributed by atoms with E-state index in [-0.39, 0.29) is 11.3 Å². The molecule has 4 aliphatic rings. The summed E-state index contributed by atoms with van der Waals surface area (Å²) in [6.07, 6.45) is 0.337. The van der Waals surface area contributed by atoms with Crippen molar-refractivity contribution >= 4 is 11.6 Å². The Morgan fingerprint density at radius 3 is 1.96 bits per heavy atom. The molecule has 0 spiro atoms. The van der Waals surface area contributed by atoms with Crippen LogP contribution < -0.4 is 5.43 Å². The minimum Gasteiger partial charge on any atom is -0.276 e. The smallest absolute Gasteiger partial charge is 0.244 e. The van der Waals surface area contributed by atoms with Gasteiger partial charge in [-0.15, -0.1) is 0 Å². The van der Waals surface area contributed by atoms with E-state index in [1.165, 1.54) is 0 Å². The van der Waals surface area contributed by atoms with Gasteiger partial charge in [0.05, 0.1) is 37.6 Å². The molecule has 6 heteroatoms. The monoisotopic (exact) mass is 375 g/mol. The summed E-state index contributed by atoms with van der Waals surface area (Å²) in [6, 6.07) is 20.1. The molecule has 4 fully saturated rings. The van der Waals surface area contributed by atoms with Gasteiger partial charge in [-0.25, -0.2) is 5.43 Å². The lowest BCUT2D eigenvalue weighted by Gasteiger charge is -2.60. The zero-order chi connectivity index (χ0) is 19.0. The van der Waals surface area contributed by atoms with E-state index < -0.39 is 0 Å². The quantitative estimate of drug-likeness (QED) is 0.637. The lowest BCUT2D eigenvalue weighted by molar-refractivity contribution is -0.149. The fourth-order valence-corrected chi connectivity index (χ4v) is 4.97. The van der Waals surface area contributed by atoms with E-state index in [0.717, 1.165) is 56.5 Å². The van der Waals surface area contributed by atoms with Gasteiger partial charge < -0.3 is 0 Å². The maximum absolute atomic E-state index is 12.5. The minimum absolute atomic E-state index is 0.0733. The van der Waals surface area contributed by atoms with Gasteiger partial charge >= 0.3 is 0 Å². The zero-order valence-corrected chi connectivity index (χ0v) is 15.9. The third kappa shape index (κ3) is 3.35. The van der Waals surface area contributed by atoms with Crippen molar-refractivity contribution in [2.24, 2.45) is 10.5 Å². The Bertz CT molecular complexity index is 845. The highest BCUT2D eigenvalue weighted by Gasteiger charge is 2.51. The molecular formula is C22H25N5O. The molecule has 6 rings (SSSR count). The average molecular weight is 375 g/mol. The fraction of sp³-hybridized carbons (Fsp3) is 0.364. The van der Waals surface area contributed by atoms with E-state index in [1.807, 2.05) is 48.5 Å². The van der Waals surface area contributed by atoms with Crippen molar-refractivity contribution in [1.29, 1.82) is 0 Å². The van der Waals surface area contributed by atoms with Crippen molar-refractivity contribution < 1.29 is 4.79 Å². The standard InChI is InChI=1S/C22H25N5O/c28-20(11-18-7-3-1-4-8-18)23-24-21(19-9-5-2-6-10-19)22-12-25-15-26(13-22)17-27(14-22)16-25/h1-10H,11-17H2,(H,23,28)/b24-21-. The summed E-state index contributed by atoms with van der Waals surface area (Å²) in [5.74, 6) is -0.0784. The lowest BCUT2D eigenvalue weighted by Crippen LogP contribution is -2.74. The first kappa shape index (κ1) is 17.6. The summed E-state index contributed by atoms with van der Waals surface area (Å²) in [7, 11) is 0. The van der Waals surface area contributed by atoms with E-state index in [0.29, 0.717) is 6.42 Å².